The zero-order valence-corrected chi connectivity index (χ0v) is 10.2. The van der Waals surface area contributed by atoms with E-state index in [-0.39, 0.29) is 0 Å². The zero-order valence-electron chi connectivity index (χ0n) is 10.2. The number of ether oxygens (including phenoxy) is 1. The lowest BCUT2D eigenvalue weighted by Crippen LogP contribution is -2.51. The first-order valence-electron chi connectivity index (χ1n) is 5.60. The van der Waals surface area contributed by atoms with Crippen LogP contribution in [-0.4, -0.2) is 35.1 Å². The third-order valence-corrected chi connectivity index (χ3v) is 2.46. The largest absolute Gasteiger partial charge is 0.444 e. The molecule has 1 aliphatic rings. The van der Waals surface area contributed by atoms with Crippen LogP contribution in [0.25, 0.3) is 0 Å². The van der Waals surface area contributed by atoms with Crippen LogP contribution in [0.5, 0.6) is 0 Å². The Morgan fingerprint density at radius 3 is 2.44 bits per heavy atom. The van der Waals surface area contributed by atoms with Crippen LogP contribution >= 0.6 is 0 Å². The standard InChI is InChI=1S/C11H20N2O3/c1-11(2,3)16-10(15)13-7-5-4-6-8(13)9(12)14/h8H,4-7H2,1-3H3,(H2,12,14). The summed E-state index contributed by atoms with van der Waals surface area (Å²) in [5.74, 6) is -0.453. The number of primary amides is 1. The van der Waals surface area contributed by atoms with Crippen molar-refractivity contribution in [2.45, 2.75) is 51.7 Å². The highest BCUT2D eigenvalue weighted by atomic mass is 16.6. The number of piperidine rings is 1. The zero-order chi connectivity index (χ0) is 12.3. The minimum atomic E-state index is -0.545. The van der Waals surface area contributed by atoms with Crippen molar-refractivity contribution >= 4 is 12.0 Å². The molecule has 1 unspecified atom stereocenters. The summed E-state index contributed by atoms with van der Waals surface area (Å²) >= 11 is 0. The monoisotopic (exact) mass is 228 g/mol. The van der Waals surface area contributed by atoms with Crippen LogP contribution in [0.2, 0.25) is 0 Å². The van der Waals surface area contributed by atoms with Gasteiger partial charge in [0.05, 0.1) is 0 Å². The second-order valence-electron chi connectivity index (χ2n) is 5.09. The summed E-state index contributed by atoms with van der Waals surface area (Å²) in [4.78, 5) is 24.5. The lowest BCUT2D eigenvalue weighted by Gasteiger charge is -2.34. The van der Waals surface area contributed by atoms with Crippen molar-refractivity contribution < 1.29 is 14.3 Å². The average molecular weight is 228 g/mol. The number of hydrogen-bond acceptors (Lipinski definition) is 3. The lowest BCUT2D eigenvalue weighted by molar-refractivity contribution is -0.124. The molecule has 1 fully saturated rings. The number of carbonyl (C=O) groups excluding carboxylic acids is 2. The van der Waals surface area contributed by atoms with Crippen molar-refractivity contribution in [3.05, 3.63) is 0 Å². The normalized spacial score (nSPS) is 21.7. The van der Waals surface area contributed by atoms with Crippen LogP contribution in [0.1, 0.15) is 40.0 Å². The van der Waals surface area contributed by atoms with Gasteiger partial charge in [0.15, 0.2) is 0 Å². The first-order valence-corrected chi connectivity index (χ1v) is 5.60. The minimum Gasteiger partial charge on any atom is -0.444 e. The highest BCUT2D eigenvalue weighted by Gasteiger charge is 2.33. The molecule has 0 aromatic rings. The molecule has 0 bridgehead atoms. The van der Waals surface area contributed by atoms with Crippen LogP contribution in [0.15, 0.2) is 0 Å². The molecule has 5 heteroatoms. The number of nitrogens with zero attached hydrogens (tertiary/aromatic N) is 1. The molecule has 2 N–H and O–H groups in total. The summed E-state index contributed by atoms with van der Waals surface area (Å²) in [6.07, 6.45) is 2.00. The van der Waals surface area contributed by atoms with Crippen molar-refractivity contribution in [1.29, 1.82) is 0 Å². The maximum Gasteiger partial charge on any atom is 0.410 e. The molecular formula is C11H20N2O3. The van der Waals surface area contributed by atoms with E-state index in [0.29, 0.717) is 13.0 Å². The van der Waals surface area contributed by atoms with Gasteiger partial charge in [0, 0.05) is 6.54 Å². The molecule has 0 radical (unpaired) electrons. The van der Waals surface area contributed by atoms with Gasteiger partial charge in [-0.05, 0) is 40.0 Å². The van der Waals surface area contributed by atoms with E-state index in [0.717, 1.165) is 12.8 Å². The van der Waals surface area contributed by atoms with Crippen LogP contribution in [-0.2, 0) is 9.53 Å². The minimum absolute atomic E-state index is 0.448. The molecule has 92 valence electrons. The van der Waals surface area contributed by atoms with Crippen molar-refractivity contribution in [3.63, 3.8) is 0 Å². The van der Waals surface area contributed by atoms with E-state index in [1.807, 2.05) is 0 Å². The fraction of sp³-hybridized carbons (Fsp3) is 0.818. The van der Waals surface area contributed by atoms with E-state index in [4.69, 9.17) is 10.5 Å². The quantitative estimate of drug-likeness (QED) is 0.734. The van der Waals surface area contributed by atoms with E-state index in [2.05, 4.69) is 0 Å². The Kier molecular flexibility index (Phi) is 3.78. The predicted molar refractivity (Wildman–Crippen MR) is 59.8 cm³/mol. The topological polar surface area (TPSA) is 72.6 Å². The van der Waals surface area contributed by atoms with Crippen LogP contribution in [0, 0.1) is 0 Å². The molecule has 5 nitrogen and oxygen atoms in total. The van der Waals surface area contributed by atoms with Crippen LogP contribution in [0.3, 0.4) is 0 Å². The number of carbonyl (C=O) groups is 2. The van der Waals surface area contributed by atoms with Gasteiger partial charge >= 0.3 is 6.09 Å². The maximum absolute atomic E-state index is 11.8. The highest BCUT2D eigenvalue weighted by molar-refractivity contribution is 5.84. The Balaban J connectivity index is 2.68. The predicted octanol–water partition coefficient (Wildman–Crippen LogP) is 1.26. The van der Waals surface area contributed by atoms with Gasteiger partial charge in [-0.25, -0.2) is 4.79 Å². The summed E-state index contributed by atoms with van der Waals surface area (Å²) in [5, 5.41) is 0. The van der Waals surface area contributed by atoms with Gasteiger partial charge in [-0.3, -0.25) is 9.69 Å². The number of amides is 2. The third-order valence-electron chi connectivity index (χ3n) is 2.46. The van der Waals surface area contributed by atoms with Crippen molar-refractivity contribution in [2.75, 3.05) is 6.54 Å². The summed E-state index contributed by atoms with van der Waals surface area (Å²) < 4.78 is 5.24. The number of nitrogens with two attached hydrogens (primary N) is 1. The molecule has 16 heavy (non-hydrogen) atoms. The Morgan fingerprint density at radius 1 is 1.31 bits per heavy atom. The van der Waals surface area contributed by atoms with E-state index >= 15 is 0 Å². The van der Waals surface area contributed by atoms with Gasteiger partial charge in [-0.2, -0.15) is 0 Å². The van der Waals surface area contributed by atoms with Crippen LogP contribution < -0.4 is 5.73 Å². The molecular weight excluding hydrogens is 208 g/mol. The Bertz CT molecular complexity index is 283. The van der Waals surface area contributed by atoms with Gasteiger partial charge < -0.3 is 10.5 Å². The summed E-state index contributed by atoms with van der Waals surface area (Å²) in [6.45, 7) is 5.94. The molecule has 1 atom stereocenters. The molecule has 1 saturated heterocycles. The molecule has 0 saturated carbocycles. The highest BCUT2D eigenvalue weighted by Crippen LogP contribution is 2.19. The second kappa shape index (κ2) is 4.72. The SMILES string of the molecule is CC(C)(C)OC(=O)N1CCCCC1C(N)=O. The molecule has 0 aliphatic carbocycles. The van der Waals surface area contributed by atoms with Gasteiger partial charge in [-0.15, -0.1) is 0 Å². The first kappa shape index (κ1) is 12.8. The molecule has 1 aliphatic heterocycles. The fourth-order valence-corrected chi connectivity index (χ4v) is 1.77. The van der Waals surface area contributed by atoms with Crippen molar-refractivity contribution in [1.82, 2.24) is 4.90 Å². The Morgan fingerprint density at radius 2 is 1.94 bits per heavy atom. The molecule has 1 rings (SSSR count). The molecule has 0 aromatic carbocycles. The number of hydrogen-bond donors (Lipinski definition) is 1. The Labute approximate surface area is 95.9 Å². The number of likely N-dealkylation sites (tertiary alicyclic amines) is 1. The van der Waals surface area contributed by atoms with Gasteiger partial charge in [0.2, 0.25) is 5.91 Å². The summed E-state index contributed by atoms with van der Waals surface area (Å²) in [5.41, 5.74) is 4.73. The third kappa shape index (κ3) is 3.40. The van der Waals surface area contributed by atoms with Crippen molar-refractivity contribution in [2.24, 2.45) is 5.73 Å². The molecule has 2 amide bonds. The van der Waals surface area contributed by atoms with Gasteiger partial charge in [-0.1, -0.05) is 0 Å². The molecule has 0 aromatic heterocycles. The number of rotatable bonds is 1. The lowest BCUT2D eigenvalue weighted by atomic mass is 10.0. The smallest absolute Gasteiger partial charge is 0.410 e. The maximum atomic E-state index is 11.8. The Hall–Kier alpha value is -1.26. The van der Waals surface area contributed by atoms with E-state index in [1.165, 1.54) is 4.90 Å². The summed E-state index contributed by atoms with van der Waals surface area (Å²) in [7, 11) is 0. The summed E-state index contributed by atoms with van der Waals surface area (Å²) in [6, 6.07) is -0.511. The second-order valence-corrected chi connectivity index (χ2v) is 5.09. The molecule has 0 spiro atoms. The van der Waals surface area contributed by atoms with Crippen LogP contribution in [0.4, 0.5) is 4.79 Å². The fourth-order valence-electron chi connectivity index (χ4n) is 1.77. The van der Waals surface area contributed by atoms with Gasteiger partial charge in [0.25, 0.3) is 0 Å². The van der Waals surface area contributed by atoms with Crippen molar-refractivity contribution in [3.8, 4) is 0 Å². The van der Waals surface area contributed by atoms with E-state index in [1.54, 1.807) is 20.8 Å². The van der Waals surface area contributed by atoms with Gasteiger partial charge in [0.1, 0.15) is 11.6 Å². The first-order chi connectivity index (χ1) is 7.31. The average Bonchev–Trinajstić information content (AvgIpc) is 2.15. The molecule has 1 heterocycles. The van der Waals surface area contributed by atoms with E-state index < -0.39 is 23.6 Å². The van der Waals surface area contributed by atoms with E-state index in [9.17, 15) is 9.59 Å².